The first-order valence-corrected chi connectivity index (χ1v) is 10.5. The van der Waals surface area contributed by atoms with Crippen LogP contribution in [0.1, 0.15) is 24.0 Å². The molecule has 2 aromatic carbocycles. The number of nitrogens with zero attached hydrogens (tertiary/aromatic N) is 1. The third-order valence-corrected chi connectivity index (χ3v) is 5.63. The molecule has 0 aromatic heterocycles. The van der Waals surface area contributed by atoms with Crippen molar-refractivity contribution in [2.45, 2.75) is 19.4 Å². The van der Waals surface area contributed by atoms with Crippen LogP contribution in [0.25, 0.3) is 0 Å². The Morgan fingerprint density at radius 1 is 1.12 bits per heavy atom. The predicted octanol–water partition coefficient (Wildman–Crippen LogP) is 3.02. The van der Waals surface area contributed by atoms with Gasteiger partial charge in [0.05, 0.1) is 12.8 Å². The Kier molecular flexibility index (Phi) is 7.20. The maximum Gasteiger partial charge on any atom is 0.235 e. The van der Waals surface area contributed by atoms with Crippen molar-refractivity contribution in [2.24, 2.45) is 0 Å². The predicted molar refractivity (Wildman–Crippen MR) is 105 cm³/mol. The van der Waals surface area contributed by atoms with E-state index in [0.29, 0.717) is 17.1 Å². The van der Waals surface area contributed by atoms with E-state index in [4.69, 9.17) is 11.6 Å². The molecule has 26 heavy (non-hydrogen) atoms. The normalized spacial score (nSPS) is 12.8. The molecule has 2 aromatic rings. The van der Waals surface area contributed by atoms with Crippen LogP contribution in [0.4, 0.5) is 0 Å². The fraction of sp³-hybridized carbons (Fsp3) is 0.316. The standard InChI is InChI=1S/C19H23ClN2O3S/c1-15(16-8-4-3-5-9-16)12-21-19(23)14-22(26(2,24)25)13-17-10-6-7-11-18(17)20/h3-11,15H,12-14H2,1-2H3,(H,21,23)/t15-/m1/s1. The van der Waals surface area contributed by atoms with Gasteiger partial charge in [0.1, 0.15) is 0 Å². The first-order chi connectivity index (χ1) is 12.3. The molecule has 0 aliphatic rings. The number of halogens is 1. The molecule has 0 saturated heterocycles. The van der Waals surface area contributed by atoms with E-state index in [-0.39, 0.29) is 24.9 Å². The first kappa shape index (κ1) is 20.4. The Labute approximate surface area is 160 Å². The van der Waals surface area contributed by atoms with Gasteiger partial charge in [0.15, 0.2) is 0 Å². The van der Waals surface area contributed by atoms with Gasteiger partial charge in [0, 0.05) is 18.1 Å². The van der Waals surface area contributed by atoms with Gasteiger partial charge in [-0.1, -0.05) is 67.1 Å². The monoisotopic (exact) mass is 394 g/mol. The fourth-order valence-electron chi connectivity index (χ4n) is 2.49. The summed E-state index contributed by atoms with van der Waals surface area (Å²) in [7, 11) is -3.55. The van der Waals surface area contributed by atoms with Gasteiger partial charge in [-0.25, -0.2) is 8.42 Å². The molecule has 1 amide bonds. The number of benzene rings is 2. The minimum Gasteiger partial charge on any atom is -0.354 e. The zero-order chi connectivity index (χ0) is 19.2. The van der Waals surface area contributed by atoms with Crippen molar-refractivity contribution in [3.63, 3.8) is 0 Å². The summed E-state index contributed by atoms with van der Waals surface area (Å²) in [5, 5.41) is 3.28. The van der Waals surface area contributed by atoms with Crippen molar-refractivity contribution >= 4 is 27.5 Å². The lowest BCUT2D eigenvalue weighted by Crippen LogP contribution is -2.40. The number of sulfonamides is 1. The Bertz CT molecular complexity index is 841. The maximum atomic E-state index is 12.3. The van der Waals surface area contributed by atoms with Crippen LogP contribution in [0.2, 0.25) is 5.02 Å². The van der Waals surface area contributed by atoms with Gasteiger partial charge in [0.25, 0.3) is 0 Å². The quantitative estimate of drug-likeness (QED) is 0.748. The van der Waals surface area contributed by atoms with Gasteiger partial charge >= 0.3 is 0 Å². The van der Waals surface area contributed by atoms with Crippen molar-refractivity contribution < 1.29 is 13.2 Å². The zero-order valence-electron chi connectivity index (χ0n) is 14.9. The summed E-state index contributed by atoms with van der Waals surface area (Å²) in [6.45, 7) is 2.26. The molecule has 0 aliphatic heterocycles. The average molecular weight is 395 g/mol. The largest absolute Gasteiger partial charge is 0.354 e. The minimum absolute atomic E-state index is 0.0557. The first-order valence-electron chi connectivity index (χ1n) is 8.27. The molecule has 5 nitrogen and oxygen atoms in total. The van der Waals surface area contributed by atoms with Gasteiger partial charge in [-0.3, -0.25) is 4.79 Å². The van der Waals surface area contributed by atoms with E-state index in [1.807, 2.05) is 37.3 Å². The van der Waals surface area contributed by atoms with Crippen molar-refractivity contribution in [1.82, 2.24) is 9.62 Å². The highest BCUT2D eigenvalue weighted by molar-refractivity contribution is 7.88. The number of carbonyl (C=O) groups is 1. The van der Waals surface area contributed by atoms with E-state index < -0.39 is 10.0 Å². The highest BCUT2D eigenvalue weighted by atomic mass is 35.5. The van der Waals surface area contributed by atoms with Crippen molar-refractivity contribution in [1.29, 1.82) is 0 Å². The number of hydrogen-bond acceptors (Lipinski definition) is 3. The Balaban J connectivity index is 1.98. The highest BCUT2D eigenvalue weighted by Crippen LogP contribution is 2.18. The highest BCUT2D eigenvalue weighted by Gasteiger charge is 2.21. The van der Waals surface area contributed by atoms with E-state index in [1.165, 1.54) is 0 Å². The third-order valence-electron chi connectivity index (χ3n) is 4.07. The van der Waals surface area contributed by atoms with Gasteiger partial charge in [-0.05, 0) is 23.1 Å². The molecule has 1 atom stereocenters. The Morgan fingerprint density at radius 3 is 2.35 bits per heavy atom. The molecule has 0 radical (unpaired) electrons. The van der Waals surface area contributed by atoms with E-state index in [2.05, 4.69) is 5.32 Å². The molecule has 0 bridgehead atoms. The lowest BCUT2D eigenvalue weighted by molar-refractivity contribution is -0.121. The smallest absolute Gasteiger partial charge is 0.235 e. The summed E-state index contributed by atoms with van der Waals surface area (Å²) in [5.74, 6) is -0.208. The number of nitrogens with one attached hydrogen (secondary N) is 1. The molecule has 140 valence electrons. The van der Waals surface area contributed by atoms with Crippen LogP contribution < -0.4 is 5.32 Å². The second-order valence-electron chi connectivity index (χ2n) is 6.24. The van der Waals surface area contributed by atoms with Crippen LogP contribution in [-0.4, -0.2) is 38.0 Å². The third kappa shape index (κ3) is 6.12. The van der Waals surface area contributed by atoms with Crippen molar-refractivity contribution in [2.75, 3.05) is 19.3 Å². The second kappa shape index (κ2) is 9.16. The van der Waals surface area contributed by atoms with Crippen LogP contribution in [0.15, 0.2) is 54.6 Å². The number of hydrogen-bond donors (Lipinski definition) is 1. The molecule has 0 spiro atoms. The van der Waals surface area contributed by atoms with E-state index in [0.717, 1.165) is 16.1 Å². The molecular weight excluding hydrogens is 372 g/mol. The van der Waals surface area contributed by atoms with E-state index >= 15 is 0 Å². The molecule has 0 heterocycles. The average Bonchev–Trinajstić information content (AvgIpc) is 2.61. The molecule has 0 aliphatic carbocycles. The van der Waals surface area contributed by atoms with Gasteiger partial charge in [0.2, 0.25) is 15.9 Å². The lowest BCUT2D eigenvalue weighted by Gasteiger charge is -2.21. The molecule has 7 heteroatoms. The van der Waals surface area contributed by atoms with Gasteiger partial charge in [-0.2, -0.15) is 4.31 Å². The summed E-state index contributed by atoms with van der Waals surface area (Å²) in [4.78, 5) is 12.3. The number of amides is 1. The van der Waals surface area contributed by atoms with Crippen LogP contribution in [0.5, 0.6) is 0 Å². The fourth-order valence-corrected chi connectivity index (χ4v) is 3.41. The van der Waals surface area contributed by atoms with Crippen LogP contribution in [-0.2, 0) is 21.4 Å². The maximum absolute atomic E-state index is 12.3. The zero-order valence-corrected chi connectivity index (χ0v) is 16.4. The van der Waals surface area contributed by atoms with Crippen LogP contribution in [0, 0.1) is 0 Å². The Morgan fingerprint density at radius 2 is 1.73 bits per heavy atom. The van der Waals surface area contributed by atoms with E-state index in [1.54, 1.807) is 24.3 Å². The van der Waals surface area contributed by atoms with Crippen molar-refractivity contribution in [3.05, 3.63) is 70.7 Å². The molecule has 0 fully saturated rings. The summed E-state index contributed by atoms with van der Waals surface area (Å²) < 4.78 is 25.2. The van der Waals surface area contributed by atoms with Gasteiger partial charge in [-0.15, -0.1) is 0 Å². The lowest BCUT2D eigenvalue weighted by atomic mass is 10.0. The summed E-state index contributed by atoms with van der Waals surface area (Å²) in [6.07, 6.45) is 1.09. The molecule has 1 N–H and O–H groups in total. The van der Waals surface area contributed by atoms with Crippen molar-refractivity contribution in [3.8, 4) is 0 Å². The minimum atomic E-state index is -3.55. The topological polar surface area (TPSA) is 66.5 Å². The SMILES string of the molecule is C[C@H](CNC(=O)CN(Cc1ccccc1Cl)S(C)(=O)=O)c1ccccc1. The van der Waals surface area contributed by atoms with Gasteiger partial charge < -0.3 is 5.32 Å². The van der Waals surface area contributed by atoms with E-state index in [9.17, 15) is 13.2 Å². The van der Waals surface area contributed by atoms with Crippen LogP contribution >= 0.6 is 11.6 Å². The second-order valence-corrected chi connectivity index (χ2v) is 8.63. The van der Waals surface area contributed by atoms with Crippen LogP contribution in [0.3, 0.4) is 0 Å². The molecule has 0 unspecified atom stereocenters. The Hall–Kier alpha value is -1.89. The summed E-state index contributed by atoms with van der Waals surface area (Å²) in [6, 6.07) is 16.8. The molecule has 0 saturated carbocycles. The summed E-state index contributed by atoms with van der Waals surface area (Å²) in [5.41, 5.74) is 1.77. The summed E-state index contributed by atoms with van der Waals surface area (Å²) >= 11 is 6.10. The number of rotatable bonds is 8. The number of carbonyl (C=O) groups excluding carboxylic acids is 1. The molecule has 2 rings (SSSR count). The molecular formula is C19H23ClN2O3S.